The summed E-state index contributed by atoms with van der Waals surface area (Å²) >= 11 is 1.72. The van der Waals surface area contributed by atoms with Crippen molar-refractivity contribution >= 4 is 17.2 Å². The fourth-order valence-electron chi connectivity index (χ4n) is 1.65. The molecule has 2 rings (SSSR count). The molecule has 2 aromatic rings. The zero-order valence-corrected chi connectivity index (χ0v) is 10.6. The summed E-state index contributed by atoms with van der Waals surface area (Å²) in [6, 6.07) is 4.38. The molecule has 0 saturated carbocycles. The lowest BCUT2D eigenvalue weighted by molar-refractivity contribution is 0.784. The number of anilines is 1. The third kappa shape index (κ3) is 3.51. The summed E-state index contributed by atoms with van der Waals surface area (Å²) in [6.45, 7) is 2.58. The Kier molecular flexibility index (Phi) is 4.06. The van der Waals surface area contributed by atoms with Gasteiger partial charge < -0.3 is 11.1 Å². The maximum Gasteiger partial charge on any atom is 0.129 e. The van der Waals surface area contributed by atoms with Gasteiger partial charge in [0.2, 0.25) is 0 Å². The third-order valence-electron chi connectivity index (χ3n) is 2.45. The fraction of sp³-hybridized carbons (Fsp3) is 0.333. The molecule has 5 heteroatoms. The van der Waals surface area contributed by atoms with E-state index >= 15 is 0 Å². The van der Waals surface area contributed by atoms with Crippen molar-refractivity contribution in [1.82, 2.24) is 9.97 Å². The van der Waals surface area contributed by atoms with Gasteiger partial charge in [-0.3, -0.25) is 0 Å². The zero-order chi connectivity index (χ0) is 12.1. The lowest BCUT2D eigenvalue weighted by atomic mass is 10.1. The number of rotatable bonds is 5. The van der Waals surface area contributed by atoms with Crippen LogP contribution in [0.2, 0.25) is 0 Å². The van der Waals surface area contributed by atoms with Crippen LogP contribution in [0, 0.1) is 0 Å². The highest BCUT2D eigenvalue weighted by Crippen LogP contribution is 2.12. The second-order valence-corrected chi connectivity index (χ2v) is 4.76. The van der Waals surface area contributed by atoms with Gasteiger partial charge in [0.15, 0.2) is 0 Å². The van der Waals surface area contributed by atoms with E-state index in [1.165, 1.54) is 5.56 Å². The van der Waals surface area contributed by atoms with Crippen molar-refractivity contribution < 1.29 is 0 Å². The van der Waals surface area contributed by atoms with Gasteiger partial charge >= 0.3 is 0 Å². The minimum Gasteiger partial charge on any atom is -0.367 e. The van der Waals surface area contributed by atoms with Gasteiger partial charge in [0.25, 0.3) is 0 Å². The lowest BCUT2D eigenvalue weighted by Crippen LogP contribution is -2.19. The Labute approximate surface area is 105 Å². The highest BCUT2D eigenvalue weighted by atomic mass is 32.1. The summed E-state index contributed by atoms with van der Waals surface area (Å²) in [5.74, 6) is 0.836. The number of aromatic nitrogens is 2. The van der Waals surface area contributed by atoms with E-state index < -0.39 is 0 Å². The lowest BCUT2D eigenvalue weighted by Gasteiger charge is -2.13. The Morgan fingerprint density at radius 2 is 2.35 bits per heavy atom. The Morgan fingerprint density at radius 1 is 1.47 bits per heavy atom. The highest BCUT2D eigenvalue weighted by Gasteiger charge is 2.05. The average molecular weight is 248 g/mol. The second-order valence-electron chi connectivity index (χ2n) is 3.98. The number of nitrogens with one attached hydrogen (secondary N) is 1. The molecular weight excluding hydrogens is 232 g/mol. The van der Waals surface area contributed by atoms with Crippen molar-refractivity contribution in [2.24, 2.45) is 5.73 Å². The number of hydrogen-bond donors (Lipinski definition) is 2. The van der Waals surface area contributed by atoms with E-state index in [0.29, 0.717) is 12.6 Å². The summed E-state index contributed by atoms with van der Waals surface area (Å²) in [5.41, 5.74) is 7.74. The topological polar surface area (TPSA) is 63.8 Å². The van der Waals surface area contributed by atoms with Crippen LogP contribution >= 0.6 is 11.3 Å². The minimum atomic E-state index is 0.338. The monoisotopic (exact) mass is 248 g/mol. The molecule has 1 atom stereocenters. The highest BCUT2D eigenvalue weighted by molar-refractivity contribution is 7.07. The van der Waals surface area contributed by atoms with Crippen LogP contribution in [-0.2, 0) is 13.0 Å². The Bertz CT molecular complexity index is 455. The van der Waals surface area contributed by atoms with E-state index in [2.05, 4.69) is 39.0 Å². The molecule has 0 aliphatic rings. The Balaban J connectivity index is 1.95. The van der Waals surface area contributed by atoms with E-state index in [1.54, 1.807) is 17.7 Å². The smallest absolute Gasteiger partial charge is 0.129 e. The van der Waals surface area contributed by atoms with Crippen LogP contribution in [0.3, 0.4) is 0 Å². The van der Waals surface area contributed by atoms with Gasteiger partial charge in [-0.25, -0.2) is 9.97 Å². The predicted octanol–water partition coefficient (Wildman–Crippen LogP) is 2.04. The quantitative estimate of drug-likeness (QED) is 0.850. The third-order valence-corrected chi connectivity index (χ3v) is 3.18. The molecule has 0 amide bonds. The van der Waals surface area contributed by atoms with Crippen LogP contribution in [0.25, 0.3) is 0 Å². The van der Waals surface area contributed by atoms with Crippen LogP contribution in [0.5, 0.6) is 0 Å². The number of nitrogens with two attached hydrogens (primary N) is 1. The van der Waals surface area contributed by atoms with Crippen LogP contribution in [0.4, 0.5) is 5.82 Å². The minimum absolute atomic E-state index is 0.338. The van der Waals surface area contributed by atoms with Crippen LogP contribution in [0.1, 0.15) is 18.2 Å². The van der Waals surface area contributed by atoms with Gasteiger partial charge in [0.1, 0.15) is 12.1 Å². The van der Waals surface area contributed by atoms with Gasteiger partial charge in [0.05, 0.1) is 5.69 Å². The van der Waals surface area contributed by atoms with Gasteiger partial charge in [-0.05, 0) is 35.7 Å². The largest absolute Gasteiger partial charge is 0.367 e. The van der Waals surface area contributed by atoms with E-state index in [4.69, 9.17) is 5.73 Å². The molecular formula is C12H16N4S. The maximum atomic E-state index is 5.54. The molecule has 2 aromatic heterocycles. The first-order chi connectivity index (χ1) is 8.28. The first kappa shape index (κ1) is 12.0. The Morgan fingerprint density at radius 3 is 3.06 bits per heavy atom. The molecule has 0 bridgehead atoms. The molecule has 17 heavy (non-hydrogen) atoms. The van der Waals surface area contributed by atoms with Crippen molar-refractivity contribution in [3.05, 3.63) is 40.5 Å². The molecule has 90 valence electrons. The first-order valence-electron chi connectivity index (χ1n) is 5.56. The zero-order valence-electron chi connectivity index (χ0n) is 9.76. The summed E-state index contributed by atoms with van der Waals surface area (Å²) in [5, 5.41) is 7.62. The number of hydrogen-bond acceptors (Lipinski definition) is 5. The number of nitrogens with zero attached hydrogens (tertiary/aromatic N) is 2. The first-order valence-corrected chi connectivity index (χ1v) is 6.51. The predicted molar refractivity (Wildman–Crippen MR) is 71.0 cm³/mol. The second kappa shape index (κ2) is 5.75. The molecule has 2 heterocycles. The van der Waals surface area contributed by atoms with Crippen molar-refractivity contribution in [2.75, 3.05) is 5.32 Å². The van der Waals surface area contributed by atoms with E-state index in [1.807, 2.05) is 6.07 Å². The number of thiophene rings is 1. The Hall–Kier alpha value is -1.46. The fourth-order valence-corrected chi connectivity index (χ4v) is 2.34. The SMILES string of the molecule is C[C@@H](Cc1ccsc1)Nc1cc(CN)ncn1. The van der Waals surface area contributed by atoms with Crippen molar-refractivity contribution in [1.29, 1.82) is 0 Å². The van der Waals surface area contributed by atoms with Gasteiger partial charge in [-0.2, -0.15) is 11.3 Å². The molecule has 0 aliphatic carbocycles. The molecule has 0 saturated heterocycles. The van der Waals surface area contributed by atoms with Gasteiger partial charge in [-0.1, -0.05) is 0 Å². The molecule has 4 nitrogen and oxygen atoms in total. The molecule has 0 aliphatic heterocycles. The van der Waals surface area contributed by atoms with E-state index in [9.17, 15) is 0 Å². The summed E-state index contributed by atoms with van der Waals surface area (Å²) in [7, 11) is 0. The van der Waals surface area contributed by atoms with E-state index in [0.717, 1.165) is 17.9 Å². The summed E-state index contributed by atoms with van der Waals surface area (Å²) < 4.78 is 0. The van der Waals surface area contributed by atoms with Crippen LogP contribution in [0.15, 0.2) is 29.2 Å². The van der Waals surface area contributed by atoms with Crippen LogP contribution < -0.4 is 11.1 Å². The van der Waals surface area contributed by atoms with Gasteiger partial charge in [-0.15, -0.1) is 0 Å². The molecule has 3 N–H and O–H groups in total. The molecule has 0 spiro atoms. The molecule has 0 radical (unpaired) electrons. The average Bonchev–Trinajstić information content (AvgIpc) is 2.82. The standard InChI is InChI=1S/C12H16N4S/c1-9(4-10-2-3-17-7-10)16-12-5-11(6-13)14-8-15-12/h2-3,5,7-9H,4,6,13H2,1H3,(H,14,15,16)/t9-/m0/s1. The van der Waals surface area contributed by atoms with E-state index in [-0.39, 0.29) is 0 Å². The summed E-state index contributed by atoms with van der Waals surface area (Å²) in [4.78, 5) is 8.25. The normalized spacial score (nSPS) is 12.4. The summed E-state index contributed by atoms with van der Waals surface area (Å²) in [6.07, 6.45) is 2.54. The molecule has 0 fully saturated rings. The maximum absolute atomic E-state index is 5.54. The van der Waals surface area contributed by atoms with Gasteiger partial charge in [0, 0.05) is 18.7 Å². The van der Waals surface area contributed by atoms with Crippen molar-refractivity contribution in [3.8, 4) is 0 Å². The molecule has 0 aromatic carbocycles. The van der Waals surface area contributed by atoms with Crippen LogP contribution in [-0.4, -0.2) is 16.0 Å². The molecule has 0 unspecified atom stereocenters. The van der Waals surface area contributed by atoms with Crippen molar-refractivity contribution in [3.63, 3.8) is 0 Å². The van der Waals surface area contributed by atoms with Crippen molar-refractivity contribution in [2.45, 2.75) is 25.9 Å².